The normalized spacial score (nSPS) is 19.9. The number of hydrogen-bond donors (Lipinski definition) is 1. The predicted molar refractivity (Wildman–Crippen MR) is 119 cm³/mol. The first-order valence-corrected chi connectivity index (χ1v) is 11.1. The lowest BCUT2D eigenvalue weighted by molar-refractivity contribution is -0.509. The zero-order chi connectivity index (χ0) is 25.6. The van der Waals surface area contributed by atoms with Crippen molar-refractivity contribution in [3.05, 3.63) is 83.1 Å². The fraction of sp³-hybridized carbons (Fsp3) is 0.385. The Labute approximate surface area is 199 Å². The molecule has 0 aromatic heterocycles. The molecule has 186 valence electrons. The van der Waals surface area contributed by atoms with Gasteiger partial charge in [0, 0.05) is 12.8 Å². The largest absolute Gasteiger partial charge is 0.446 e. The number of nitrogens with zero attached hydrogens (tertiary/aromatic N) is 1. The van der Waals surface area contributed by atoms with E-state index in [1.165, 1.54) is 4.58 Å². The molecular weight excluding hydrogens is 470 g/mol. The first-order valence-electron chi connectivity index (χ1n) is 11.1. The summed E-state index contributed by atoms with van der Waals surface area (Å²) in [5, 5.41) is 1.84. The quantitative estimate of drug-likeness (QED) is 0.420. The molecule has 0 fully saturated rings. The summed E-state index contributed by atoms with van der Waals surface area (Å²) >= 11 is 0. The maximum absolute atomic E-state index is 14.5. The fourth-order valence-corrected chi connectivity index (χ4v) is 4.93. The van der Waals surface area contributed by atoms with Crippen molar-refractivity contribution in [1.82, 2.24) is 5.32 Å². The second kappa shape index (κ2) is 8.53. The third-order valence-electron chi connectivity index (χ3n) is 6.46. The van der Waals surface area contributed by atoms with E-state index in [1.807, 2.05) is 5.32 Å². The smallest absolute Gasteiger partial charge is 0.294 e. The highest BCUT2D eigenvalue weighted by molar-refractivity contribution is 6.02. The number of Topliss-reactive ketones (excluding diaryl/α,β-unsaturated/α-hetero) is 1. The van der Waals surface area contributed by atoms with Gasteiger partial charge in [-0.25, -0.2) is 4.58 Å². The fourth-order valence-electron chi connectivity index (χ4n) is 4.93. The van der Waals surface area contributed by atoms with Gasteiger partial charge in [0.15, 0.2) is 5.78 Å². The molecular formula is C26H25F6N2O+. The van der Waals surface area contributed by atoms with Crippen molar-refractivity contribution in [1.29, 1.82) is 0 Å². The number of halogens is 6. The van der Waals surface area contributed by atoms with Crippen molar-refractivity contribution < 1.29 is 35.7 Å². The van der Waals surface area contributed by atoms with E-state index in [0.29, 0.717) is 11.1 Å². The van der Waals surface area contributed by atoms with Crippen LogP contribution in [0.4, 0.5) is 26.3 Å². The van der Waals surface area contributed by atoms with E-state index in [1.54, 1.807) is 74.5 Å². The summed E-state index contributed by atoms with van der Waals surface area (Å²) in [6.45, 7) is 3.37. The van der Waals surface area contributed by atoms with E-state index in [2.05, 4.69) is 0 Å². The number of nitrogens with one attached hydrogen (secondary N) is 1. The van der Waals surface area contributed by atoms with Crippen molar-refractivity contribution in [2.75, 3.05) is 0 Å². The minimum Gasteiger partial charge on any atom is -0.294 e. The molecule has 2 aromatic rings. The van der Waals surface area contributed by atoms with Crippen LogP contribution in [0.3, 0.4) is 0 Å². The van der Waals surface area contributed by atoms with Gasteiger partial charge >= 0.3 is 17.9 Å². The Morgan fingerprint density at radius 2 is 1.34 bits per heavy atom. The Morgan fingerprint density at radius 3 is 1.86 bits per heavy atom. The Hall–Kier alpha value is -3.10. The number of benzene rings is 2. The van der Waals surface area contributed by atoms with E-state index in [0.717, 1.165) is 0 Å². The zero-order valence-corrected chi connectivity index (χ0v) is 19.2. The molecule has 0 spiro atoms. The van der Waals surface area contributed by atoms with Crippen LogP contribution in [0.1, 0.15) is 37.8 Å². The van der Waals surface area contributed by atoms with E-state index in [4.69, 9.17) is 0 Å². The molecule has 9 heteroatoms. The van der Waals surface area contributed by atoms with Crippen LogP contribution in [0.25, 0.3) is 0 Å². The number of amidine groups is 1. The first kappa shape index (κ1) is 25.0. The van der Waals surface area contributed by atoms with Gasteiger partial charge in [-0.3, -0.25) is 10.1 Å². The standard InChI is InChI=1S/C26H24F6N2O/c1-23(2)14-19-22(20(35)15-23)24(25(27,28)29,26(30,31)32)33-21(13-17-9-5-3-6-10-17)34(19)16-18-11-7-4-8-12-18/h3-12H,13-16H2,1-2H3/p+1. The molecule has 1 N–H and O–H groups in total. The van der Waals surface area contributed by atoms with Gasteiger partial charge in [0.2, 0.25) is 0 Å². The molecule has 2 aromatic carbocycles. The van der Waals surface area contributed by atoms with Crippen molar-refractivity contribution in [2.24, 2.45) is 5.41 Å². The van der Waals surface area contributed by atoms with Crippen LogP contribution in [-0.4, -0.2) is 34.1 Å². The Bertz CT molecular complexity index is 1160. The van der Waals surface area contributed by atoms with Crippen LogP contribution >= 0.6 is 0 Å². The number of alkyl halides is 6. The van der Waals surface area contributed by atoms with Gasteiger partial charge in [0.05, 0.1) is 6.42 Å². The molecule has 1 heterocycles. The molecule has 35 heavy (non-hydrogen) atoms. The van der Waals surface area contributed by atoms with Crippen LogP contribution in [0, 0.1) is 5.41 Å². The van der Waals surface area contributed by atoms with Crippen LogP contribution in [-0.2, 0) is 17.8 Å². The molecule has 0 unspecified atom stereocenters. The van der Waals surface area contributed by atoms with E-state index in [9.17, 15) is 31.1 Å². The molecule has 1 aliphatic carbocycles. The zero-order valence-electron chi connectivity index (χ0n) is 19.2. The van der Waals surface area contributed by atoms with Crippen LogP contribution in [0.5, 0.6) is 0 Å². The van der Waals surface area contributed by atoms with Gasteiger partial charge in [0.25, 0.3) is 5.84 Å². The van der Waals surface area contributed by atoms with Crippen molar-refractivity contribution in [2.45, 2.75) is 57.5 Å². The summed E-state index contributed by atoms with van der Waals surface area (Å²) in [5.41, 5.74) is -5.53. The lowest BCUT2D eigenvalue weighted by Crippen LogP contribution is -2.73. The third-order valence-corrected chi connectivity index (χ3v) is 6.46. The maximum atomic E-state index is 14.5. The predicted octanol–water partition coefficient (Wildman–Crippen LogP) is 5.95. The number of rotatable bonds is 4. The summed E-state index contributed by atoms with van der Waals surface area (Å²) in [6, 6.07) is 17.0. The summed E-state index contributed by atoms with van der Waals surface area (Å²) in [4.78, 5) is 13.1. The third kappa shape index (κ3) is 4.48. The number of allylic oxidation sites excluding steroid dienone is 1. The molecule has 2 aliphatic rings. The first-order chi connectivity index (χ1) is 16.3. The second-order valence-electron chi connectivity index (χ2n) is 9.81. The van der Waals surface area contributed by atoms with Crippen molar-refractivity contribution in [3.63, 3.8) is 0 Å². The highest BCUT2D eigenvalue weighted by Gasteiger charge is 2.80. The summed E-state index contributed by atoms with van der Waals surface area (Å²) < 4.78 is 88.4. The van der Waals surface area contributed by atoms with Crippen molar-refractivity contribution in [3.8, 4) is 0 Å². The van der Waals surface area contributed by atoms with Gasteiger partial charge in [-0.1, -0.05) is 74.5 Å². The molecule has 0 saturated heterocycles. The molecule has 0 atom stereocenters. The SMILES string of the molecule is CC1(C)CC(=O)C2=C(C1)[N+](Cc1ccccc1)=C(Cc1ccccc1)NC2(C(F)(F)F)C(F)(F)F. The number of carbonyl (C=O) groups excluding carboxylic acids is 1. The second-order valence-corrected chi connectivity index (χ2v) is 9.81. The Kier molecular flexibility index (Phi) is 6.10. The van der Waals surface area contributed by atoms with Crippen LogP contribution in [0.2, 0.25) is 0 Å². The topological polar surface area (TPSA) is 32.1 Å². The highest BCUT2D eigenvalue weighted by Crippen LogP contribution is 2.54. The highest BCUT2D eigenvalue weighted by atomic mass is 19.4. The number of hydrogen-bond acceptors (Lipinski definition) is 2. The van der Waals surface area contributed by atoms with E-state index < -0.39 is 41.1 Å². The average Bonchev–Trinajstić information content (AvgIpc) is 2.74. The summed E-state index contributed by atoms with van der Waals surface area (Å²) in [5.74, 6) is -1.39. The van der Waals surface area contributed by atoms with Crippen LogP contribution in [0.15, 0.2) is 71.9 Å². The molecule has 1 aliphatic heterocycles. The van der Waals surface area contributed by atoms with Gasteiger partial charge < -0.3 is 0 Å². The Morgan fingerprint density at radius 1 is 0.829 bits per heavy atom. The minimum atomic E-state index is -5.80. The summed E-state index contributed by atoms with van der Waals surface area (Å²) in [6.07, 6.45) is -12.3. The molecule has 0 amide bonds. The van der Waals surface area contributed by atoms with Gasteiger partial charge in [0.1, 0.15) is 17.8 Å². The van der Waals surface area contributed by atoms with Crippen molar-refractivity contribution >= 4 is 11.6 Å². The monoisotopic (exact) mass is 495 g/mol. The minimum absolute atomic E-state index is 0.0179. The van der Waals surface area contributed by atoms with E-state index >= 15 is 0 Å². The molecule has 0 saturated carbocycles. The number of carbonyl (C=O) groups is 1. The van der Waals surface area contributed by atoms with E-state index in [-0.39, 0.29) is 30.9 Å². The maximum Gasteiger partial charge on any atom is 0.446 e. The number of ketones is 1. The molecule has 0 bridgehead atoms. The van der Waals surface area contributed by atoms with Gasteiger partial charge in [-0.05, 0) is 16.5 Å². The Balaban J connectivity index is 2.03. The molecule has 3 nitrogen and oxygen atoms in total. The molecule has 4 rings (SSSR count). The molecule has 0 radical (unpaired) electrons. The van der Waals surface area contributed by atoms with Gasteiger partial charge in [-0.15, -0.1) is 0 Å². The summed E-state index contributed by atoms with van der Waals surface area (Å²) in [7, 11) is 0. The average molecular weight is 495 g/mol. The lowest BCUT2D eigenvalue weighted by Gasteiger charge is -2.44. The van der Waals surface area contributed by atoms with Gasteiger partial charge in [-0.2, -0.15) is 26.3 Å². The lowest BCUT2D eigenvalue weighted by atomic mass is 9.69. The van der Waals surface area contributed by atoms with Crippen LogP contribution < -0.4 is 5.32 Å².